The Morgan fingerprint density at radius 3 is 2.63 bits per heavy atom. The first kappa shape index (κ1) is 14.6. The lowest BCUT2D eigenvalue weighted by molar-refractivity contribution is 0.511. The molecule has 1 unspecified atom stereocenters. The van der Waals surface area contributed by atoms with Crippen LogP contribution < -0.4 is 5.32 Å². The van der Waals surface area contributed by atoms with E-state index in [2.05, 4.69) is 45.4 Å². The quantitative estimate of drug-likeness (QED) is 0.895. The highest BCUT2D eigenvalue weighted by Gasteiger charge is 2.18. The van der Waals surface area contributed by atoms with Gasteiger partial charge in [0, 0.05) is 11.6 Å². The van der Waals surface area contributed by atoms with Gasteiger partial charge in [-0.3, -0.25) is 4.68 Å². The Hall–Kier alpha value is -0.840. The Labute approximate surface area is 127 Å². The van der Waals surface area contributed by atoms with Crippen molar-refractivity contribution >= 4 is 27.5 Å². The van der Waals surface area contributed by atoms with Crippen LogP contribution in [-0.4, -0.2) is 16.8 Å². The summed E-state index contributed by atoms with van der Waals surface area (Å²) in [6.45, 7) is 2.96. The van der Waals surface area contributed by atoms with Crippen LogP contribution in [0.3, 0.4) is 0 Å². The predicted octanol–water partition coefficient (Wildman–Crippen LogP) is 3.82. The predicted molar refractivity (Wildman–Crippen MR) is 82.6 cm³/mol. The molecule has 0 aliphatic heterocycles. The standard InChI is InChI=1S/C14H17BrClN3/c1-3-19-14(12(15)9-18-19)13(17-2)8-10-4-6-11(16)7-5-10/h4-7,9,13,17H,3,8H2,1-2H3. The van der Waals surface area contributed by atoms with E-state index >= 15 is 0 Å². The van der Waals surface area contributed by atoms with Crippen molar-refractivity contribution in [2.45, 2.75) is 25.9 Å². The highest BCUT2D eigenvalue weighted by Crippen LogP contribution is 2.26. The fourth-order valence-electron chi connectivity index (χ4n) is 2.16. The van der Waals surface area contributed by atoms with Gasteiger partial charge in [-0.1, -0.05) is 23.7 Å². The van der Waals surface area contributed by atoms with Gasteiger partial charge in [0.15, 0.2) is 0 Å². The maximum absolute atomic E-state index is 5.92. The van der Waals surface area contributed by atoms with Gasteiger partial charge in [0.25, 0.3) is 0 Å². The second kappa shape index (κ2) is 6.55. The van der Waals surface area contributed by atoms with E-state index < -0.39 is 0 Å². The zero-order chi connectivity index (χ0) is 13.8. The molecule has 0 aliphatic rings. The highest BCUT2D eigenvalue weighted by atomic mass is 79.9. The van der Waals surface area contributed by atoms with E-state index in [1.165, 1.54) is 11.3 Å². The van der Waals surface area contributed by atoms with Gasteiger partial charge in [0.1, 0.15) is 0 Å². The first-order valence-corrected chi connectivity index (χ1v) is 7.45. The molecule has 1 atom stereocenters. The molecule has 0 radical (unpaired) electrons. The molecule has 0 aliphatic carbocycles. The molecule has 5 heteroatoms. The Morgan fingerprint density at radius 1 is 1.37 bits per heavy atom. The van der Waals surface area contributed by atoms with E-state index in [9.17, 15) is 0 Å². The van der Waals surface area contributed by atoms with Crippen LogP contribution in [-0.2, 0) is 13.0 Å². The van der Waals surface area contributed by atoms with Crippen molar-refractivity contribution in [1.82, 2.24) is 15.1 Å². The number of hydrogen-bond acceptors (Lipinski definition) is 2. The second-order valence-corrected chi connectivity index (χ2v) is 5.66. The molecule has 0 saturated heterocycles. The number of hydrogen-bond donors (Lipinski definition) is 1. The number of nitrogens with one attached hydrogen (secondary N) is 1. The van der Waals surface area contributed by atoms with Crippen molar-refractivity contribution in [2.24, 2.45) is 0 Å². The number of halogens is 2. The molecule has 1 N–H and O–H groups in total. The molecule has 0 fully saturated rings. The number of benzene rings is 1. The number of aromatic nitrogens is 2. The van der Waals surface area contributed by atoms with Crippen molar-refractivity contribution < 1.29 is 0 Å². The van der Waals surface area contributed by atoms with E-state index in [1.54, 1.807) is 0 Å². The first-order chi connectivity index (χ1) is 9.15. The van der Waals surface area contributed by atoms with E-state index in [1.807, 2.05) is 30.1 Å². The maximum Gasteiger partial charge on any atom is 0.0698 e. The molecule has 1 heterocycles. The average molecular weight is 343 g/mol. The van der Waals surface area contributed by atoms with Crippen LogP contribution in [0, 0.1) is 0 Å². The first-order valence-electron chi connectivity index (χ1n) is 6.28. The minimum absolute atomic E-state index is 0.220. The summed E-state index contributed by atoms with van der Waals surface area (Å²) in [4.78, 5) is 0. The molecule has 19 heavy (non-hydrogen) atoms. The third kappa shape index (κ3) is 3.38. The van der Waals surface area contributed by atoms with Crippen LogP contribution in [0.25, 0.3) is 0 Å². The zero-order valence-electron chi connectivity index (χ0n) is 11.0. The third-order valence-corrected chi connectivity index (χ3v) is 4.03. The minimum atomic E-state index is 0.220. The summed E-state index contributed by atoms with van der Waals surface area (Å²) in [5.41, 5.74) is 2.43. The largest absolute Gasteiger partial charge is 0.311 e. The van der Waals surface area contributed by atoms with Gasteiger partial charge in [-0.05, 0) is 54.0 Å². The molecular weight excluding hydrogens is 326 g/mol. The monoisotopic (exact) mass is 341 g/mol. The molecular formula is C14H17BrClN3. The van der Waals surface area contributed by atoms with E-state index in [4.69, 9.17) is 11.6 Å². The number of likely N-dealkylation sites (N-methyl/N-ethyl adjacent to an activating group) is 1. The molecule has 0 bridgehead atoms. The van der Waals surface area contributed by atoms with Crippen molar-refractivity contribution in [3.05, 3.63) is 51.2 Å². The number of rotatable bonds is 5. The number of aryl methyl sites for hydroxylation is 1. The molecule has 2 rings (SSSR count). The normalized spacial score (nSPS) is 12.6. The minimum Gasteiger partial charge on any atom is -0.311 e. The third-order valence-electron chi connectivity index (χ3n) is 3.16. The van der Waals surface area contributed by atoms with Crippen LogP contribution in [0.4, 0.5) is 0 Å². The molecule has 0 saturated carbocycles. The molecule has 3 nitrogen and oxygen atoms in total. The van der Waals surface area contributed by atoms with E-state index in [0.29, 0.717) is 0 Å². The highest BCUT2D eigenvalue weighted by molar-refractivity contribution is 9.10. The second-order valence-electron chi connectivity index (χ2n) is 4.37. The van der Waals surface area contributed by atoms with Crippen LogP contribution in [0.5, 0.6) is 0 Å². The van der Waals surface area contributed by atoms with Gasteiger partial charge < -0.3 is 5.32 Å². The Bertz CT molecular complexity index is 536. The lowest BCUT2D eigenvalue weighted by Crippen LogP contribution is -2.22. The van der Waals surface area contributed by atoms with Gasteiger partial charge in [0.05, 0.1) is 22.4 Å². The van der Waals surface area contributed by atoms with Gasteiger partial charge in [-0.25, -0.2) is 0 Å². The SMILES string of the molecule is CCn1ncc(Br)c1C(Cc1ccc(Cl)cc1)NC. The van der Waals surface area contributed by atoms with Gasteiger partial charge in [-0.2, -0.15) is 5.10 Å². The molecule has 1 aromatic carbocycles. The van der Waals surface area contributed by atoms with Gasteiger partial charge in [0.2, 0.25) is 0 Å². The fourth-order valence-corrected chi connectivity index (χ4v) is 2.86. The van der Waals surface area contributed by atoms with Crippen LogP contribution in [0.2, 0.25) is 5.02 Å². The van der Waals surface area contributed by atoms with Crippen molar-refractivity contribution in [2.75, 3.05) is 7.05 Å². The fraction of sp³-hybridized carbons (Fsp3) is 0.357. The Kier molecular flexibility index (Phi) is 5.02. The average Bonchev–Trinajstić information content (AvgIpc) is 2.79. The summed E-state index contributed by atoms with van der Waals surface area (Å²) in [6.07, 6.45) is 2.75. The van der Waals surface area contributed by atoms with Crippen LogP contribution in [0.15, 0.2) is 34.9 Å². The molecule has 102 valence electrons. The summed E-state index contributed by atoms with van der Waals surface area (Å²) in [5.74, 6) is 0. The van der Waals surface area contributed by atoms with Gasteiger partial charge in [-0.15, -0.1) is 0 Å². The van der Waals surface area contributed by atoms with E-state index in [0.717, 1.165) is 22.5 Å². The maximum atomic E-state index is 5.92. The van der Waals surface area contributed by atoms with Crippen molar-refractivity contribution in [3.63, 3.8) is 0 Å². The lowest BCUT2D eigenvalue weighted by atomic mass is 10.0. The molecule has 0 amide bonds. The van der Waals surface area contributed by atoms with Crippen molar-refractivity contribution in [1.29, 1.82) is 0 Å². The van der Waals surface area contributed by atoms with Crippen LogP contribution in [0.1, 0.15) is 24.2 Å². The molecule has 1 aromatic heterocycles. The number of nitrogens with zero attached hydrogens (tertiary/aromatic N) is 2. The Morgan fingerprint density at radius 2 is 2.05 bits per heavy atom. The topological polar surface area (TPSA) is 29.9 Å². The Balaban J connectivity index is 2.24. The smallest absolute Gasteiger partial charge is 0.0698 e. The summed E-state index contributed by atoms with van der Waals surface area (Å²) in [7, 11) is 1.97. The lowest BCUT2D eigenvalue weighted by Gasteiger charge is -2.18. The summed E-state index contributed by atoms with van der Waals surface area (Å²) < 4.78 is 3.06. The zero-order valence-corrected chi connectivity index (χ0v) is 13.4. The summed E-state index contributed by atoms with van der Waals surface area (Å²) in [5, 5.41) is 8.49. The van der Waals surface area contributed by atoms with Gasteiger partial charge >= 0.3 is 0 Å². The summed E-state index contributed by atoms with van der Waals surface area (Å²) >= 11 is 9.50. The summed E-state index contributed by atoms with van der Waals surface area (Å²) in [6, 6.07) is 8.20. The molecule has 2 aromatic rings. The van der Waals surface area contributed by atoms with E-state index in [-0.39, 0.29) is 6.04 Å². The van der Waals surface area contributed by atoms with Crippen LogP contribution >= 0.6 is 27.5 Å². The van der Waals surface area contributed by atoms with Crippen molar-refractivity contribution in [3.8, 4) is 0 Å². The molecule has 0 spiro atoms.